The number of nitrogens with zero attached hydrogens (tertiary/aromatic N) is 2. The molecule has 2 heterocycles. The number of nitriles is 1. The predicted molar refractivity (Wildman–Crippen MR) is 102 cm³/mol. The molecule has 2 aromatic carbocycles. The van der Waals surface area contributed by atoms with Crippen molar-refractivity contribution in [3.63, 3.8) is 0 Å². The lowest BCUT2D eigenvalue weighted by atomic mass is 10.1. The van der Waals surface area contributed by atoms with Crippen molar-refractivity contribution >= 4 is 10.0 Å². The van der Waals surface area contributed by atoms with Crippen molar-refractivity contribution in [2.45, 2.75) is 11.4 Å². The van der Waals surface area contributed by atoms with Crippen LogP contribution >= 0.6 is 0 Å². The van der Waals surface area contributed by atoms with E-state index in [1.165, 1.54) is 9.21 Å². The van der Waals surface area contributed by atoms with Crippen molar-refractivity contribution < 1.29 is 22.8 Å². The summed E-state index contributed by atoms with van der Waals surface area (Å²) in [6.45, 7) is 3.90. The SMILES string of the molecule is N#Cc1ccccc1C[NH+]1CCN(S(=O)(=O)c2ccc3c(c2)OCCO3)CC1. The monoisotopic (exact) mass is 400 g/mol. The van der Waals surface area contributed by atoms with Gasteiger partial charge in [-0.25, -0.2) is 8.42 Å². The summed E-state index contributed by atoms with van der Waals surface area (Å²) >= 11 is 0. The molecule has 28 heavy (non-hydrogen) atoms. The van der Waals surface area contributed by atoms with E-state index in [1.54, 1.807) is 18.2 Å². The molecule has 2 aromatic rings. The fraction of sp³-hybridized carbons (Fsp3) is 0.350. The second-order valence-corrected chi connectivity index (χ2v) is 8.84. The molecule has 1 saturated heterocycles. The zero-order valence-electron chi connectivity index (χ0n) is 15.4. The lowest BCUT2D eigenvalue weighted by Crippen LogP contribution is -3.13. The molecule has 2 aliphatic heterocycles. The third kappa shape index (κ3) is 3.69. The molecule has 0 spiro atoms. The Labute approximate surface area is 164 Å². The van der Waals surface area contributed by atoms with Gasteiger partial charge in [0.05, 0.1) is 42.7 Å². The fourth-order valence-corrected chi connectivity index (χ4v) is 5.06. The molecule has 1 fully saturated rings. The zero-order valence-corrected chi connectivity index (χ0v) is 16.2. The van der Waals surface area contributed by atoms with E-state index in [2.05, 4.69) is 6.07 Å². The van der Waals surface area contributed by atoms with Gasteiger partial charge in [-0.1, -0.05) is 18.2 Å². The summed E-state index contributed by atoms with van der Waals surface area (Å²) in [6, 6.07) is 14.6. The molecule has 146 valence electrons. The van der Waals surface area contributed by atoms with Gasteiger partial charge in [0, 0.05) is 11.6 Å². The topological polar surface area (TPSA) is 84.1 Å². The number of piperazine rings is 1. The number of fused-ring (bicyclic) bond motifs is 1. The van der Waals surface area contributed by atoms with Crippen LogP contribution in [0.4, 0.5) is 0 Å². The van der Waals surface area contributed by atoms with E-state index in [0.717, 1.165) is 12.1 Å². The van der Waals surface area contributed by atoms with Crippen LogP contribution in [0.1, 0.15) is 11.1 Å². The van der Waals surface area contributed by atoms with Crippen molar-refractivity contribution in [2.24, 2.45) is 0 Å². The smallest absolute Gasteiger partial charge is 0.243 e. The maximum Gasteiger partial charge on any atom is 0.243 e. The van der Waals surface area contributed by atoms with Gasteiger partial charge in [0.15, 0.2) is 11.5 Å². The summed E-state index contributed by atoms with van der Waals surface area (Å²) in [5.74, 6) is 1.06. The minimum absolute atomic E-state index is 0.232. The highest BCUT2D eigenvalue weighted by Gasteiger charge is 2.31. The van der Waals surface area contributed by atoms with Crippen LogP contribution in [0.5, 0.6) is 11.5 Å². The molecule has 0 saturated carbocycles. The van der Waals surface area contributed by atoms with Crippen LogP contribution in [0, 0.1) is 11.3 Å². The van der Waals surface area contributed by atoms with E-state index < -0.39 is 10.0 Å². The number of ether oxygens (including phenoxy) is 2. The van der Waals surface area contributed by atoms with Crippen molar-refractivity contribution in [1.82, 2.24) is 4.31 Å². The van der Waals surface area contributed by atoms with Crippen LogP contribution in [0.3, 0.4) is 0 Å². The van der Waals surface area contributed by atoms with Crippen molar-refractivity contribution in [3.05, 3.63) is 53.6 Å². The number of hydrogen-bond donors (Lipinski definition) is 1. The first-order valence-corrected chi connectivity index (χ1v) is 10.7. The average Bonchev–Trinajstić information content (AvgIpc) is 2.74. The molecule has 2 aliphatic rings. The average molecular weight is 400 g/mol. The Balaban J connectivity index is 1.44. The first-order valence-electron chi connectivity index (χ1n) is 9.29. The molecule has 0 aliphatic carbocycles. The van der Waals surface area contributed by atoms with Crippen LogP contribution in [0.2, 0.25) is 0 Å². The normalized spacial score (nSPS) is 17.8. The van der Waals surface area contributed by atoms with Crippen molar-refractivity contribution in [2.75, 3.05) is 39.4 Å². The summed E-state index contributed by atoms with van der Waals surface area (Å²) in [4.78, 5) is 1.51. The Hall–Kier alpha value is -2.60. The summed E-state index contributed by atoms with van der Waals surface area (Å²) < 4.78 is 38.5. The van der Waals surface area contributed by atoms with Crippen molar-refractivity contribution in [3.8, 4) is 17.6 Å². The van der Waals surface area contributed by atoms with Crippen LogP contribution in [0.15, 0.2) is 47.4 Å². The molecule has 0 radical (unpaired) electrons. The van der Waals surface area contributed by atoms with E-state index in [4.69, 9.17) is 9.47 Å². The highest BCUT2D eigenvalue weighted by Crippen LogP contribution is 2.33. The van der Waals surface area contributed by atoms with Crippen LogP contribution in [0.25, 0.3) is 0 Å². The van der Waals surface area contributed by atoms with Gasteiger partial charge in [0.2, 0.25) is 10.0 Å². The minimum Gasteiger partial charge on any atom is -0.486 e. The second kappa shape index (κ2) is 7.80. The van der Waals surface area contributed by atoms with E-state index in [-0.39, 0.29) is 4.90 Å². The Kier molecular flexibility index (Phi) is 5.22. The van der Waals surface area contributed by atoms with Crippen LogP contribution in [-0.2, 0) is 16.6 Å². The Bertz CT molecular complexity index is 1010. The molecular formula is C20H22N3O4S+. The van der Waals surface area contributed by atoms with Gasteiger partial charge in [0.25, 0.3) is 0 Å². The summed E-state index contributed by atoms with van der Waals surface area (Å²) in [6.07, 6.45) is 0. The quantitative estimate of drug-likeness (QED) is 0.804. The van der Waals surface area contributed by atoms with Crippen molar-refractivity contribution in [1.29, 1.82) is 5.26 Å². The van der Waals surface area contributed by atoms with Crippen LogP contribution < -0.4 is 14.4 Å². The summed E-state index contributed by atoms with van der Waals surface area (Å²) in [5, 5.41) is 9.24. The lowest BCUT2D eigenvalue weighted by Gasteiger charge is -2.32. The Morgan fingerprint density at radius 1 is 1.04 bits per heavy atom. The number of sulfonamides is 1. The second-order valence-electron chi connectivity index (χ2n) is 6.91. The van der Waals surface area contributed by atoms with Gasteiger partial charge >= 0.3 is 0 Å². The summed E-state index contributed by atoms with van der Waals surface area (Å²) in [5.41, 5.74) is 1.68. The minimum atomic E-state index is -3.57. The number of hydrogen-bond acceptors (Lipinski definition) is 5. The van der Waals surface area contributed by atoms with E-state index in [9.17, 15) is 13.7 Å². The molecule has 4 rings (SSSR count). The molecule has 1 N–H and O–H groups in total. The van der Waals surface area contributed by atoms with E-state index in [0.29, 0.717) is 56.5 Å². The Morgan fingerprint density at radius 3 is 2.50 bits per heavy atom. The Morgan fingerprint density at radius 2 is 1.75 bits per heavy atom. The molecule has 7 nitrogen and oxygen atoms in total. The molecule has 0 atom stereocenters. The lowest BCUT2D eigenvalue weighted by molar-refractivity contribution is -0.917. The molecule has 0 unspecified atom stereocenters. The highest BCUT2D eigenvalue weighted by molar-refractivity contribution is 7.89. The first kappa shape index (κ1) is 18.7. The highest BCUT2D eigenvalue weighted by atomic mass is 32.2. The van der Waals surface area contributed by atoms with Gasteiger partial charge in [-0.3, -0.25) is 0 Å². The largest absolute Gasteiger partial charge is 0.486 e. The van der Waals surface area contributed by atoms with Gasteiger partial charge in [0.1, 0.15) is 19.8 Å². The van der Waals surface area contributed by atoms with Gasteiger partial charge < -0.3 is 14.4 Å². The molecule has 0 aromatic heterocycles. The number of benzene rings is 2. The third-order valence-electron chi connectivity index (χ3n) is 5.16. The fourth-order valence-electron chi connectivity index (χ4n) is 3.61. The van der Waals surface area contributed by atoms with Gasteiger partial charge in [-0.05, 0) is 18.2 Å². The summed E-state index contributed by atoms with van der Waals surface area (Å²) in [7, 11) is -3.57. The maximum atomic E-state index is 13.0. The van der Waals surface area contributed by atoms with E-state index >= 15 is 0 Å². The number of nitrogens with one attached hydrogen (secondary N) is 1. The first-order chi connectivity index (χ1) is 13.6. The standard InChI is InChI=1S/C20H21N3O4S/c21-14-16-3-1-2-4-17(16)15-22-7-9-23(10-8-22)28(24,25)18-5-6-19-20(13-18)27-12-11-26-19/h1-6,13H,7-12,15H2/p+1. The van der Waals surface area contributed by atoms with E-state index in [1.807, 2.05) is 24.3 Å². The molecule has 0 amide bonds. The molecular weight excluding hydrogens is 378 g/mol. The predicted octanol–water partition coefficient (Wildman–Crippen LogP) is 0.419. The van der Waals surface area contributed by atoms with Gasteiger partial charge in [-0.2, -0.15) is 9.57 Å². The number of quaternary nitrogens is 1. The van der Waals surface area contributed by atoms with Gasteiger partial charge in [-0.15, -0.1) is 0 Å². The third-order valence-corrected chi connectivity index (χ3v) is 7.05. The zero-order chi connectivity index (χ0) is 19.6. The van der Waals surface area contributed by atoms with Crippen LogP contribution in [-0.4, -0.2) is 52.1 Å². The molecule has 8 heteroatoms. The maximum absolute atomic E-state index is 13.0. The molecule has 0 bridgehead atoms. The number of rotatable bonds is 4.